The molecule has 0 spiro atoms. The summed E-state index contributed by atoms with van der Waals surface area (Å²) in [5.74, 6) is 1.96. The van der Waals surface area contributed by atoms with Crippen LogP contribution in [0.3, 0.4) is 0 Å². The van der Waals surface area contributed by atoms with Gasteiger partial charge in [-0.2, -0.15) is 4.98 Å². The average Bonchev–Trinajstić information content (AvgIpc) is 3.30. The number of para-hydroxylation sites is 2. The molecule has 0 radical (unpaired) electrons. The van der Waals surface area contributed by atoms with Crippen molar-refractivity contribution >= 4 is 5.91 Å². The smallest absolute Gasteiger partial charge is 0.278 e. The fourth-order valence-electron chi connectivity index (χ4n) is 3.61. The molecule has 2 aromatic heterocycles. The Bertz CT molecular complexity index is 1040. The van der Waals surface area contributed by atoms with Gasteiger partial charge in [-0.3, -0.25) is 9.78 Å². The Kier molecular flexibility index (Phi) is 6.11. The summed E-state index contributed by atoms with van der Waals surface area (Å²) in [6.07, 6.45) is 4.36. The number of aromatic nitrogens is 4. The Balaban J connectivity index is 1.42. The van der Waals surface area contributed by atoms with Crippen molar-refractivity contribution in [2.45, 2.75) is 38.7 Å². The molecular formula is C22H25N5O4. The number of amides is 1. The number of benzene rings is 1. The molecule has 4 rings (SSSR count). The van der Waals surface area contributed by atoms with E-state index in [0.29, 0.717) is 42.0 Å². The highest BCUT2D eigenvalue weighted by Gasteiger charge is 2.31. The van der Waals surface area contributed by atoms with E-state index in [-0.39, 0.29) is 11.8 Å². The number of methoxy groups -OCH3 is 1. The van der Waals surface area contributed by atoms with Gasteiger partial charge in [-0.25, -0.2) is 4.98 Å². The third-order valence-corrected chi connectivity index (χ3v) is 5.26. The minimum atomic E-state index is -0.640. The lowest BCUT2D eigenvalue weighted by Crippen LogP contribution is -2.45. The molecule has 0 aliphatic carbocycles. The second kappa shape index (κ2) is 9.11. The van der Waals surface area contributed by atoms with E-state index >= 15 is 0 Å². The number of nitrogens with zero attached hydrogens (tertiary/aromatic N) is 5. The van der Waals surface area contributed by atoms with E-state index in [1.807, 2.05) is 19.1 Å². The standard InChI is InChI=1S/C22H25N5O4/c1-14-11-24-17(12-23-14)21-25-20(26-31-21)16-7-6-10-27(13-16)22(28)15(2)30-19-9-5-4-8-18(19)29-3/h4-5,8-9,11-12,15-16H,6-7,10,13H2,1-3H3/t15-,16-/m1/s1. The normalized spacial score (nSPS) is 17.3. The summed E-state index contributed by atoms with van der Waals surface area (Å²) >= 11 is 0. The first-order valence-electron chi connectivity index (χ1n) is 10.3. The van der Waals surface area contributed by atoms with Crippen molar-refractivity contribution in [3.8, 4) is 23.1 Å². The molecule has 31 heavy (non-hydrogen) atoms. The minimum absolute atomic E-state index is 0.00734. The number of ether oxygens (including phenoxy) is 2. The maximum absolute atomic E-state index is 13.0. The van der Waals surface area contributed by atoms with Crippen molar-refractivity contribution in [1.29, 1.82) is 0 Å². The van der Waals surface area contributed by atoms with E-state index in [2.05, 4.69) is 20.1 Å². The molecule has 162 valence electrons. The van der Waals surface area contributed by atoms with E-state index in [1.165, 1.54) is 0 Å². The van der Waals surface area contributed by atoms with Crippen molar-refractivity contribution in [2.75, 3.05) is 20.2 Å². The van der Waals surface area contributed by atoms with Gasteiger partial charge in [0.05, 0.1) is 19.0 Å². The van der Waals surface area contributed by atoms with Crippen molar-refractivity contribution in [2.24, 2.45) is 0 Å². The number of hydrogen-bond donors (Lipinski definition) is 0. The number of hydrogen-bond acceptors (Lipinski definition) is 8. The zero-order chi connectivity index (χ0) is 21.8. The van der Waals surface area contributed by atoms with Gasteiger partial charge in [0.15, 0.2) is 23.4 Å². The van der Waals surface area contributed by atoms with Crippen molar-refractivity contribution in [3.63, 3.8) is 0 Å². The second-order valence-electron chi connectivity index (χ2n) is 7.54. The topological polar surface area (TPSA) is 103 Å². The number of carbonyl (C=O) groups is 1. The van der Waals surface area contributed by atoms with Crippen LogP contribution in [0.5, 0.6) is 11.5 Å². The van der Waals surface area contributed by atoms with E-state index in [4.69, 9.17) is 14.0 Å². The van der Waals surface area contributed by atoms with Gasteiger partial charge in [0.25, 0.3) is 11.8 Å². The van der Waals surface area contributed by atoms with Crippen LogP contribution in [0.25, 0.3) is 11.6 Å². The fraction of sp³-hybridized carbons (Fsp3) is 0.409. The summed E-state index contributed by atoms with van der Waals surface area (Å²) in [4.78, 5) is 27.8. The molecule has 0 saturated carbocycles. The molecule has 0 bridgehead atoms. The Morgan fingerprint density at radius 3 is 2.77 bits per heavy atom. The third-order valence-electron chi connectivity index (χ3n) is 5.26. The van der Waals surface area contributed by atoms with Crippen LogP contribution in [0.2, 0.25) is 0 Å². The van der Waals surface area contributed by atoms with Gasteiger partial charge in [-0.05, 0) is 38.8 Å². The Morgan fingerprint density at radius 2 is 2.03 bits per heavy atom. The van der Waals surface area contributed by atoms with Crippen LogP contribution in [0.15, 0.2) is 41.2 Å². The molecule has 9 nitrogen and oxygen atoms in total. The van der Waals surface area contributed by atoms with E-state index < -0.39 is 6.10 Å². The third kappa shape index (κ3) is 4.65. The zero-order valence-electron chi connectivity index (χ0n) is 17.8. The van der Waals surface area contributed by atoms with Gasteiger partial charge in [0.2, 0.25) is 0 Å². The molecule has 1 aliphatic heterocycles. The van der Waals surface area contributed by atoms with Gasteiger partial charge < -0.3 is 18.9 Å². The molecule has 1 fully saturated rings. The first kappa shape index (κ1) is 20.8. The number of rotatable bonds is 6. The molecule has 3 heterocycles. The van der Waals surface area contributed by atoms with Crippen molar-refractivity contribution in [1.82, 2.24) is 25.0 Å². The van der Waals surface area contributed by atoms with Crippen LogP contribution < -0.4 is 9.47 Å². The number of carbonyl (C=O) groups excluding carboxylic acids is 1. The first-order valence-corrected chi connectivity index (χ1v) is 10.3. The van der Waals surface area contributed by atoms with Crippen LogP contribution in [-0.2, 0) is 4.79 Å². The molecule has 9 heteroatoms. The molecular weight excluding hydrogens is 398 g/mol. The van der Waals surface area contributed by atoms with Crippen LogP contribution in [0.1, 0.15) is 37.2 Å². The highest BCUT2D eigenvalue weighted by atomic mass is 16.5. The summed E-state index contributed by atoms with van der Waals surface area (Å²) in [6.45, 7) is 4.79. The maximum atomic E-state index is 13.0. The SMILES string of the molecule is COc1ccccc1O[C@H](C)C(=O)N1CCC[C@@H](c2noc(-c3cnc(C)cn3)n2)C1. The predicted molar refractivity (Wildman–Crippen MR) is 112 cm³/mol. The van der Waals surface area contributed by atoms with Gasteiger partial charge in [-0.1, -0.05) is 17.3 Å². The predicted octanol–water partition coefficient (Wildman–Crippen LogP) is 3.02. The first-order chi connectivity index (χ1) is 15.0. The van der Waals surface area contributed by atoms with Crippen molar-refractivity contribution in [3.05, 3.63) is 48.2 Å². The van der Waals surface area contributed by atoms with Gasteiger partial charge >= 0.3 is 0 Å². The van der Waals surface area contributed by atoms with Gasteiger partial charge in [0.1, 0.15) is 5.69 Å². The van der Waals surface area contributed by atoms with E-state index in [1.54, 1.807) is 43.5 Å². The summed E-state index contributed by atoms with van der Waals surface area (Å²) < 4.78 is 16.6. The molecule has 0 unspecified atom stereocenters. The van der Waals surface area contributed by atoms with Crippen LogP contribution in [0.4, 0.5) is 0 Å². The number of aryl methyl sites for hydroxylation is 1. The molecule has 3 aromatic rings. The molecule has 1 saturated heterocycles. The largest absolute Gasteiger partial charge is 0.493 e. The number of likely N-dealkylation sites (tertiary alicyclic amines) is 1. The van der Waals surface area contributed by atoms with Crippen LogP contribution >= 0.6 is 0 Å². The quantitative estimate of drug-likeness (QED) is 0.596. The Hall–Kier alpha value is -3.49. The molecule has 1 aliphatic rings. The fourth-order valence-corrected chi connectivity index (χ4v) is 3.61. The van der Waals surface area contributed by atoms with Gasteiger partial charge in [-0.15, -0.1) is 0 Å². The number of piperidine rings is 1. The summed E-state index contributed by atoms with van der Waals surface area (Å²) in [5, 5.41) is 4.13. The minimum Gasteiger partial charge on any atom is -0.493 e. The molecule has 1 aromatic carbocycles. The lowest BCUT2D eigenvalue weighted by molar-refractivity contribution is -0.139. The van der Waals surface area contributed by atoms with Crippen LogP contribution in [0, 0.1) is 6.92 Å². The molecule has 0 N–H and O–H groups in total. The summed E-state index contributed by atoms with van der Waals surface area (Å²) in [7, 11) is 1.57. The van der Waals surface area contributed by atoms with Crippen LogP contribution in [-0.4, -0.2) is 57.2 Å². The monoisotopic (exact) mass is 423 g/mol. The average molecular weight is 423 g/mol. The second-order valence-corrected chi connectivity index (χ2v) is 7.54. The Morgan fingerprint density at radius 1 is 1.23 bits per heavy atom. The lowest BCUT2D eigenvalue weighted by Gasteiger charge is -2.33. The summed E-state index contributed by atoms with van der Waals surface area (Å²) in [5.41, 5.74) is 1.35. The molecule has 1 amide bonds. The molecule has 2 atom stereocenters. The van der Waals surface area contributed by atoms with Gasteiger partial charge in [0, 0.05) is 25.2 Å². The zero-order valence-corrected chi connectivity index (χ0v) is 17.8. The Labute approximate surface area is 180 Å². The lowest BCUT2D eigenvalue weighted by atomic mass is 9.97. The highest BCUT2D eigenvalue weighted by molar-refractivity contribution is 5.81. The van der Waals surface area contributed by atoms with E-state index in [9.17, 15) is 4.79 Å². The van der Waals surface area contributed by atoms with Crippen molar-refractivity contribution < 1.29 is 18.8 Å². The van der Waals surface area contributed by atoms with E-state index in [0.717, 1.165) is 18.5 Å². The highest BCUT2D eigenvalue weighted by Crippen LogP contribution is 2.29. The maximum Gasteiger partial charge on any atom is 0.278 e. The summed E-state index contributed by atoms with van der Waals surface area (Å²) in [6, 6.07) is 7.29.